The summed E-state index contributed by atoms with van der Waals surface area (Å²) in [6.45, 7) is 9.28. The molecular formula is C33H31IrN2S-. The van der Waals surface area contributed by atoms with Crippen molar-refractivity contribution in [2.45, 2.75) is 40.5 Å². The van der Waals surface area contributed by atoms with Gasteiger partial charge in [0.25, 0.3) is 0 Å². The monoisotopic (exact) mass is 680 g/mol. The van der Waals surface area contributed by atoms with Crippen LogP contribution in [0, 0.1) is 17.9 Å². The number of hydrogen-bond donors (Lipinski definition) is 0. The first-order valence-electron chi connectivity index (χ1n) is 12.9. The first-order valence-corrected chi connectivity index (χ1v) is 13.7. The number of nitrogens with zero attached hydrogens (tertiary/aromatic N) is 2. The van der Waals surface area contributed by atoms with Gasteiger partial charge in [-0.2, -0.15) is 0 Å². The van der Waals surface area contributed by atoms with Crippen LogP contribution in [0.2, 0.25) is 0 Å². The van der Waals surface area contributed by atoms with E-state index >= 15 is 0 Å². The van der Waals surface area contributed by atoms with Gasteiger partial charge in [-0.05, 0) is 54.0 Å². The molecule has 4 heteroatoms. The van der Waals surface area contributed by atoms with Crippen LogP contribution < -0.4 is 0 Å². The molecule has 2 heterocycles. The molecule has 1 radical (unpaired) electrons. The van der Waals surface area contributed by atoms with E-state index in [9.17, 15) is 0 Å². The van der Waals surface area contributed by atoms with Gasteiger partial charge in [-0.1, -0.05) is 64.1 Å². The van der Waals surface area contributed by atoms with Crippen LogP contribution in [0.25, 0.3) is 48.3 Å². The van der Waals surface area contributed by atoms with Crippen molar-refractivity contribution in [1.29, 1.82) is 0 Å². The minimum absolute atomic E-state index is 0. The summed E-state index contributed by atoms with van der Waals surface area (Å²) in [5.74, 6) is 2.09. The van der Waals surface area contributed by atoms with Crippen molar-refractivity contribution in [2.75, 3.05) is 0 Å². The van der Waals surface area contributed by atoms with Gasteiger partial charge in [-0.25, -0.2) is 0 Å². The van der Waals surface area contributed by atoms with Crippen LogP contribution >= 0.6 is 11.3 Å². The minimum atomic E-state index is 0. The number of hydrogen-bond acceptors (Lipinski definition) is 2. The van der Waals surface area contributed by atoms with Crippen molar-refractivity contribution in [3.8, 4) is 17.1 Å². The van der Waals surface area contributed by atoms with Crippen molar-refractivity contribution >= 4 is 42.5 Å². The van der Waals surface area contributed by atoms with E-state index in [0.29, 0.717) is 11.8 Å². The van der Waals surface area contributed by atoms with E-state index < -0.39 is 0 Å². The Labute approximate surface area is 236 Å². The molecule has 2 nitrogen and oxygen atoms in total. The predicted molar refractivity (Wildman–Crippen MR) is 155 cm³/mol. The van der Waals surface area contributed by atoms with Crippen molar-refractivity contribution in [2.24, 2.45) is 11.8 Å². The molecule has 0 unspecified atom stereocenters. The zero-order chi connectivity index (χ0) is 24.8. The molecule has 0 fully saturated rings. The molecule has 0 saturated carbocycles. The first-order chi connectivity index (χ1) is 17.5. The molecule has 0 aliphatic rings. The number of para-hydroxylation sites is 2. The molecular weight excluding hydrogens is 649 g/mol. The third-order valence-corrected chi connectivity index (χ3v) is 7.95. The van der Waals surface area contributed by atoms with Gasteiger partial charge in [-0.3, -0.25) is 4.98 Å². The van der Waals surface area contributed by atoms with Gasteiger partial charge in [0, 0.05) is 35.6 Å². The number of benzene rings is 4. The van der Waals surface area contributed by atoms with Crippen molar-refractivity contribution < 1.29 is 20.1 Å². The summed E-state index contributed by atoms with van der Waals surface area (Å²) in [6, 6.07) is 31.6. The molecule has 189 valence electrons. The Hall–Kier alpha value is -2.78. The van der Waals surface area contributed by atoms with Crippen LogP contribution in [0.4, 0.5) is 0 Å². The summed E-state index contributed by atoms with van der Waals surface area (Å²) in [5.41, 5.74) is 7.33. The van der Waals surface area contributed by atoms with Crippen LogP contribution in [-0.2, 0) is 32.9 Å². The molecule has 0 spiro atoms. The topological polar surface area (TPSA) is 17.8 Å². The van der Waals surface area contributed by atoms with Gasteiger partial charge in [0.15, 0.2) is 0 Å². The van der Waals surface area contributed by atoms with Gasteiger partial charge in [0.1, 0.15) is 0 Å². The molecule has 2 aromatic heterocycles. The van der Waals surface area contributed by atoms with Gasteiger partial charge in [0.2, 0.25) is 0 Å². The first kappa shape index (κ1) is 25.9. The summed E-state index contributed by atoms with van der Waals surface area (Å²) in [5, 5.41) is 2.77. The number of imidazole rings is 1. The standard InChI is InChI=1S/C33H31N2S.Ir/c1-21(2)18-24-20-25(19-22(3)4)31(32-30(24)26-14-8-11-17-29(26)36-32)35-28-16-10-9-15-27(28)34-33(35)23-12-6-5-7-13-23;/h5-12,14-17,20-22H,18-19H2,1-4H3;/q-1;. The van der Waals surface area contributed by atoms with Crippen LogP contribution in [0.3, 0.4) is 0 Å². The van der Waals surface area contributed by atoms with Crippen molar-refractivity contribution in [1.82, 2.24) is 9.55 Å². The second kappa shape index (κ2) is 10.5. The van der Waals surface area contributed by atoms with Crippen LogP contribution in [0.1, 0.15) is 38.8 Å². The second-order valence-electron chi connectivity index (χ2n) is 10.6. The Kier molecular flexibility index (Phi) is 7.36. The third-order valence-electron chi connectivity index (χ3n) is 6.77. The summed E-state index contributed by atoms with van der Waals surface area (Å²) >= 11 is 1.92. The van der Waals surface area contributed by atoms with E-state index in [1.54, 1.807) is 0 Å². The molecule has 0 saturated heterocycles. The molecule has 37 heavy (non-hydrogen) atoms. The quantitative estimate of drug-likeness (QED) is 0.161. The largest absolute Gasteiger partial charge is 0.332 e. The molecule has 6 rings (SSSR count). The predicted octanol–water partition coefficient (Wildman–Crippen LogP) is 9.26. The molecule has 0 bridgehead atoms. The van der Waals surface area contributed by atoms with Crippen molar-refractivity contribution in [3.63, 3.8) is 0 Å². The van der Waals surface area contributed by atoms with Gasteiger partial charge >= 0.3 is 0 Å². The number of fused-ring (bicyclic) bond motifs is 4. The Bertz CT molecular complexity index is 1690. The third kappa shape index (κ3) is 4.68. The SMILES string of the molecule is CC(C)Cc1cc(CC(C)C)c2c(sc3ccccc32)c1-n1c(-c2[c-]cccc2)nc2ccccc21.[Ir]. The summed E-state index contributed by atoms with van der Waals surface area (Å²) in [4.78, 5) is 5.15. The Morgan fingerprint density at radius 3 is 2.30 bits per heavy atom. The molecule has 0 amide bonds. The smallest absolute Gasteiger partial charge is 0.0774 e. The Balaban J connectivity index is 0.00000280. The summed E-state index contributed by atoms with van der Waals surface area (Å²) in [6.07, 6.45) is 2.10. The number of thiophene rings is 1. The fourth-order valence-corrected chi connectivity index (χ4v) is 6.74. The maximum atomic E-state index is 5.15. The average Bonchev–Trinajstić information content (AvgIpc) is 3.43. The van der Waals surface area contributed by atoms with Gasteiger partial charge in [0.05, 0.1) is 27.2 Å². The normalized spacial score (nSPS) is 11.7. The van der Waals surface area contributed by atoms with Crippen LogP contribution in [0.5, 0.6) is 0 Å². The molecule has 0 atom stereocenters. The fourth-order valence-electron chi connectivity index (χ4n) is 5.43. The maximum Gasteiger partial charge on any atom is 0.0774 e. The Morgan fingerprint density at radius 1 is 0.838 bits per heavy atom. The zero-order valence-electron chi connectivity index (χ0n) is 21.7. The molecule has 4 aromatic carbocycles. The molecule has 0 aliphatic heterocycles. The van der Waals surface area contributed by atoms with Crippen LogP contribution in [0.15, 0.2) is 78.9 Å². The number of aromatic nitrogens is 2. The number of rotatable bonds is 6. The minimum Gasteiger partial charge on any atom is -0.332 e. The molecule has 0 N–H and O–H groups in total. The second-order valence-corrected chi connectivity index (χ2v) is 11.6. The molecule has 6 aromatic rings. The molecule has 0 aliphatic carbocycles. The summed E-state index contributed by atoms with van der Waals surface area (Å²) in [7, 11) is 0. The maximum absolute atomic E-state index is 5.15. The van der Waals surface area contributed by atoms with E-state index in [1.807, 2.05) is 23.5 Å². The average molecular weight is 680 g/mol. The Morgan fingerprint density at radius 2 is 1.54 bits per heavy atom. The fraction of sp³-hybridized carbons (Fsp3) is 0.242. The summed E-state index contributed by atoms with van der Waals surface area (Å²) < 4.78 is 5.12. The van der Waals surface area contributed by atoms with E-state index in [0.717, 1.165) is 35.3 Å². The van der Waals surface area contributed by atoms with E-state index in [-0.39, 0.29) is 20.1 Å². The van der Waals surface area contributed by atoms with Gasteiger partial charge in [-0.15, -0.1) is 47.2 Å². The van der Waals surface area contributed by atoms with E-state index in [2.05, 4.69) is 105 Å². The van der Waals surface area contributed by atoms with E-state index in [4.69, 9.17) is 4.98 Å². The van der Waals surface area contributed by atoms with Gasteiger partial charge < -0.3 is 4.57 Å². The van der Waals surface area contributed by atoms with Crippen LogP contribution in [-0.4, -0.2) is 9.55 Å². The van der Waals surface area contributed by atoms with Crippen molar-refractivity contribution in [3.05, 3.63) is 96.1 Å². The van der Waals surface area contributed by atoms with E-state index in [1.165, 1.54) is 37.0 Å². The zero-order valence-corrected chi connectivity index (χ0v) is 24.9.